The minimum atomic E-state index is -1.21. The van der Waals surface area contributed by atoms with Crippen LogP contribution in [0.25, 0.3) is 22.3 Å². The van der Waals surface area contributed by atoms with Gasteiger partial charge in [-0.3, -0.25) is 14.6 Å². The molecule has 5 aromatic carbocycles. The maximum absolute atomic E-state index is 13.4. The highest BCUT2D eigenvalue weighted by Gasteiger charge is 2.46. The minimum Gasteiger partial charge on any atom is -0.452 e. The molecule has 0 saturated carbocycles. The van der Waals surface area contributed by atoms with Gasteiger partial charge in [0.2, 0.25) is 5.75 Å². The zero-order valence-corrected chi connectivity index (χ0v) is 27.6. The number of rotatable bonds is 9. The van der Waals surface area contributed by atoms with Crippen molar-refractivity contribution in [3.8, 4) is 22.8 Å². The molecule has 3 heterocycles. The zero-order chi connectivity index (χ0) is 33.2. The number of anilines is 1. The number of likely N-dealkylation sites (N-methyl/N-ethyl adjacent to an activating group) is 1. The summed E-state index contributed by atoms with van der Waals surface area (Å²) in [5.74, 6) is 0.209. The number of benzene rings is 5. The van der Waals surface area contributed by atoms with Crippen LogP contribution in [0.15, 0.2) is 143 Å². The second-order valence-corrected chi connectivity index (χ2v) is 12.9. The van der Waals surface area contributed by atoms with Gasteiger partial charge in [-0.25, -0.2) is 0 Å². The Balaban J connectivity index is 0.980. The third-order valence-electron chi connectivity index (χ3n) is 9.68. The molecule has 0 spiro atoms. The maximum Gasteiger partial charge on any atom is 0.305 e. The first-order chi connectivity index (χ1) is 24.1. The van der Waals surface area contributed by atoms with Gasteiger partial charge in [-0.2, -0.15) is 0 Å². The average Bonchev–Trinajstić information content (AvgIpc) is 3.57. The van der Waals surface area contributed by atoms with Crippen LogP contribution in [0.2, 0.25) is 0 Å². The normalized spacial score (nSPS) is 15.8. The van der Waals surface area contributed by atoms with Crippen LogP contribution in [-0.4, -0.2) is 56.1 Å². The second-order valence-electron chi connectivity index (χ2n) is 12.9. The van der Waals surface area contributed by atoms with Crippen LogP contribution in [-0.2, 0) is 12.3 Å². The van der Waals surface area contributed by atoms with E-state index in [4.69, 9.17) is 13.9 Å². The highest BCUT2D eigenvalue weighted by atomic mass is 16.7. The van der Waals surface area contributed by atoms with Crippen molar-refractivity contribution in [3.63, 3.8) is 0 Å². The van der Waals surface area contributed by atoms with E-state index >= 15 is 0 Å². The average molecular weight is 650 g/mol. The summed E-state index contributed by atoms with van der Waals surface area (Å²) in [7, 11) is 2.13. The van der Waals surface area contributed by atoms with E-state index < -0.39 is 5.79 Å². The maximum atomic E-state index is 13.4. The summed E-state index contributed by atoms with van der Waals surface area (Å²) in [4.78, 5) is 20.8. The summed E-state index contributed by atoms with van der Waals surface area (Å²) in [6.07, 6.45) is 0. The third kappa shape index (κ3) is 6.19. The van der Waals surface area contributed by atoms with Crippen molar-refractivity contribution < 1.29 is 13.9 Å². The third-order valence-corrected chi connectivity index (χ3v) is 9.68. The summed E-state index contributed by atoms with van der Waals surface area (Å²) in [5, 5.41) is 0.445. The van der Waals surface area contributed by atoms with E-state index in [9.17, 15) is 4.79 Å². The molecule has 1 saturated heterocycles. The molecule has 2 aliphatic heterocycles. The van der Waals surface area contributed by atoms with E-state index in [2.05, 4.69) is 64.2 Å². The van der Waals surface area contributed by atoms with Gasteiger partial charge in [0, 0.05) is 81.3 Å². The first-order valence-corrected chi connectivity index (χ1v) is 17.0. The fourth-order valence-corrected chi connectivity index (χ4v) is 6.85. The molecule has 7 heteroatoms. The van der Waals surface area contributed by atoms with E-state index in [1.165, 1.54) is 5.56 Å². The van der Waals surface area contributed by atoms with Gasteiger partial charge in [-0.1, -0.05) is 91.0 Å². The van der Waals surface area contributed by atoms with Crippen LogP contribution >= 0.6 is 0 Å². The van der Waals surface area contributed by atoms with Gasteiger partial charge in [0.05, 0.1) is 5.39 Å². The van der Waals surface area contributed by atoms with Gasteiger partial charge >= 0.3 is 5.79 Å². The molecular formula is C42H39N3O4. The van der Waals surface area contributed by atoms with E-state index in [1.54, 1.807) is 18.2 Å². The Bertz CT molecular complexity index is 2050. The summed E-state index contributed by atoms with van der Waals surface area (Å²) < 4.78 is 19.8. The standard InChI is InChI=1S/C42H39N3O4/c1-43(23-24-44-25-27-45(28-26-44)30-31-11-5-2-6-12-31)35-19-17-32(18-20-35)39-29-37(46)36-21-22-38-41(40(36)47-39)49-42(48-38,33-13-7-3-8-14-33)34-15-9-4-10-16-34/h2-22,29H,23-28,30H2,1H3. The van der Waals surface area contributed by atoms with Crippen molar-refractivity contribution in [2.45, 2.75) is 12.3 Å². The largest absolute Gasteiger partial charge is 0.452 e. The second kappa shape index (κ2) is 13.3. The van der Waals surface area contributed by atoms with E-state index in [1.807, 2.05) is 72.8 Å². The quantitative estimate of drug-likeness (QED) is 0.162. The number of hydrogen-bond acceptors (Lipinski definition) is 7. The minimum absolute atomic E-state index is 0.135. The predicted molar refractivity (Wildman–Crippen MR) is 194 cm³/mol. The molecule has 1 aromatic heterocycles. The summed E-state index contributed by atoms with van der Waals surface area (Å²) >= 11 is 0. The van der Waals surface area contributed by atoms with Crippen LogP contribution in [0, 0.1) is 0 Å². The van der Waals surface area contributed by atoms with E-state index in [-0.39, 0.29) is 5.43 Å². The van der Waals surface area contributed by atoms with Crippen LogP contribution in [0.3, 0.4) is 0 Å². The van der Waals surface area contributed by atoms with Crippen molar-refractivity contribution in [1.29, 1.82) is 0 Å². The highest BCUT2D eigenvalue weighted by molar-refractivity contribution is 5.87. The lowest BCUT2D eigenvalue weighted by Gasteiger charge is -2.35. The Labute approximate surface area is 286 Å². The molecule has 0 radical (unpaired) electrons. The Hall–Kier alpha value is -5.37. The smallest absolute Gasteiger partial charge is 0.305 e. The Morgan fingerprint density at radius 2 is 1.31 bits per heavy atom. The topological polar surface area (TPSA) is 58.4 Å². The lowest BCUT2D eigenvalue weighted by Crippen LogP contribution is -2.47. The molecular weight excluding hydrogens is 610 g/mol. The molecule has 49 heavy (non-hydrogen) atoms. The summed E-state index contributed by atoms with van der Waals surface area (Å²) in [6, 6.07) is 43.7. The fourth-order valence-electron chi connectivity index (χ4n) is 6.85. The van der Waals surface area contributed by atoms with E-state index in [0.717, 1.165) is 68.2 Å². The number of fused-ring (bicyclic) bond motifs is 3. The van der Waals surface area contributed by atoms with Crippen molar-refractivity contribution in [1.82, 2.24) is 9.80 Å². The van der Waals surface area contributed by atoms with E-state index in [0.29, 0.717) is 28.2 Å². The van der Waals surface area contributed by atoms with Gasteiger partial charge in [-0.15, -0.1) is 0 Å². The van der Waals surface area contributed by atoms with Gasteiger partial charge < -0.3 is 18.8 Å². The number of ether oxygens (including phenoxy) is 2. The molecule has 0 bridgehead atoms. The molecule has 1 fully saturated rings. The molecule has 246 valence electrons. The van der Waals surface area contributed by atoms with Gasteiger partial charge in [0.15, 0.2) is 16.8 Å². The van der Waals surface area contributed by atoms with Crippen LogP contribution in [0.5, 0.6) is 11.5 Å². The van der Waals surface area contributed by atoms with Gasteiger partial charge in [0.1, 0.15) is 5.76 Å². The first kappa shape index (κ1) is 30.9. The molecule has 0 atom stereocenters. The Morgan fingerprint density at radius 3 is 1.96 bits per heavy atom. The van der Waals surface area contributed by atoms with Crippen molar-refractivity contribution in [3.05, 3.63) is 160 Å². The van der Waals surface area contributed by atoms with Crippen molar-refractivity contribution in [2.75, 3.05) is 51.2 Å². The fraction of sp³-hybridized carbons (Fsp3) is 0.214. The highest BCUT2D eigenvalue weighted by Crippen LogP contribution is 2.50. The van der Waals surface area contributed by atoms with Crippen molar-refractivity contribution in [2.24, 2.45) is 0 Å². The molecule has 0 aliphatic carbocycles. The van der Waals surface area contributed by atoms with Crippen LogP contribution in [0.1, 0.15) is 16.7 Å². The Kier molecular flexibility index (Phi) is 8.37. The summed E-state index contributed by atoms with van der Waals surface area (Å²) in [6.45, 7) is 7.29. The first-order valence-electron chi connectivity index (χ1n) is 17.0. The lowest BCUT2D eigenvalue weighted by atomic mass is 9.97. The SMILES string of the molecule is CN(CCN1CCN(Cc2ccccc2)CC1)c1ccc(-c2cc(=O)c3ccc4c(c3o2)OC(c2ccccc2)(c2ccccc2)O4)cc1. The summed E-state index contributed by atoms with van der Waals surface area (Å²) in [5.41, 5.74) is 5.23. The monoisotopic (exact) mass is 649 g/mol. The molecule has 6 aromatic rings. The zero-order valence-electron chi connectivity index (χ0n) is 27.6. The van der Waals surface area contributed by atoms with Crippen molar-refractivity contribution >= 4 is 16.7 Å². The molecule has 2 aliphatic rings. The van der Waals surface area contributed by atoms with Crippen LogP contribution in [0.4, 0.5) is 5.69 Å². The van der Waals surface area contributed by atoms with Gasteiger partial charge in [-0.05, 0) is 42.0 Å². The Morgan fingerprint density at radius 1 is 0.694 bits per heavy atom. The number of nitrogens with zero attached hydrogens (tertiary/aromatic N) is 3. The molecule has 8 rings (SSSR count). The molecule has 0 amide bonds. The number of piperazine rings is 1. The van der Waals surface area contributed by atoms with Gasteiger partial charge in [0.25, 0.3) is 0 Å². The number of hydrogen-bond donors (Lipinski definition) is 0. The molecule has 7 nitrogen and oxygen atoms in total. The molecule has 0 N–H and O–H groups in total. The predicted octanol–water partition coefficient (Wildman–Crippen LogP) is 7.39. The lowest BCUT2D eigenvalue weighted by molar-refractivity contribution is -0.0456. The van der Waals surface area contributed by atoms with Crippen LogP contribution < -0.4 is 19.8 Å². The molecule has 0 unspecified atom stereocenters.